The van der Waals surface area contributed by atoms with Gasteiger partial charge in [-0.05, 0) is 37.6 Å². The number of carbonyl (C=O) groups excluding carboxylic acids is 1. The first kappa shape index (κ1) is 13.5. The monoisotopic (exact) mass is 279 g/mol. The fourth-order valence-electron chi connectivity index (χ4n) is 2.50. The molecule has 0 radical (unpaired) electrons. The van der Waals surface area contributed by atoms with Gasteiger partial charge in [0.05, 0.1) is 17.6 Å². The van der Waals surface area contributed by atoms with Gasteiger partial charge in [0, 0.05) is 18.1 Å². The molecule has 1 aromatic carbocycles. The molecule has 0 aliphatic rings. The van der Waals surface area contributed by atoms with E-state index in [0.29, 0.717) is 5.69 Å². The average molecular weight is 279 g/mol. The summed E-state index contributed by atoms with van der Waals surface area (Å²) in [5.41, 5.74) is 3.43. The molecule has 0 aliphatic carbocycles. The van der Waals surface area contributed by atoms with Crippen LogP contribution in [0.4, 0.5) is 0 Å². The lowest BCUT2D eigenvalue weighted by atomic mass is 10.1. The molecule has 106 valence electrons. The van der Waals surface area contributed by atoms with E-state index < -0.39 is 0 Å². The van der Waals surface area contributed by atoms with Gasteiger partial charge in [0.15, 0.2) is 5.78 Å². The van der Waals surface area contributed by atoms with Gasteiger partial charge >= 0.3 is 0 Å². The van der Waals surface area contributed by atoms with Crippen molar-refractivity contribution in [1.82, 2.24) is 14.8 Å². The summed E-state index contributed by atoms with van der Waals surface area (Å²) in [6, 6.07) is 11.7. The number of pyridine rings is 1. The van der Waals surface area contributed by atoms with Crippen molar-refractivity contribution in [2.24, 2.45) is 0 Å². The average Bonchev–Trinajstić information content (AvgIpc) is 2.85. The van der Waals surface area contributed by atoms with Gasteiger partial charge in [-0.1, -0.05) is 18.2 Å². The number of rotatable bonds is 4. The number of hydrogen-bond donors (Lipinski definition) is 0. The van der Waals surface area contributed by atoms with Gasteiger partial charge in [-0.15, -0.1) is 0 Å². The molecule has 0 bridgehead atoms. The maximum atomic E-state index is 12.4. The lowest BCUT2D eigenvalue weighted by Gasteiger charge is -2.00. The minimum absolute atomic E-state index is 0.00482. The van der Waals surface area contributed by atoms with E-state index in [0.717, 1.165) is 28.7 Å². The number of ketones is 1. The molecule has 4 nitrogen and oxygen atoms in total. The van der Waals surface area contributed by atoms with Crippen LogP contribution in [0.2, 0.25) is 0 Å². The van der Waals surface area contributed by atoms with Gasteiger partial charge in [0.2, 0.25) is 0 Å². The van der Waals surface area contributed by atoms with Crippen LogP contribution < -0.4 is 0 Å². The summed E-state index contributed by atoms with van der Waals surface area (Å²) in [4.78, 5) is 16.6. The van der Waals surface area contributed by atoms with Crippen molar-refractivity contribution < 1.29 is 4.79 Å². The first-order valence-electron chi connectivity index (χ1n) is 7.09. The van der Waals surface area contributed by atoms with Crippen LogP contribution in [-0.2, 0) is 13.0 Å². The van der Waals surface area contributed by atoms with Gasteiger partial charge in [-0.3, -0.25) is 14.5 Å². The van der Waals surface area contributed by atoms with Crippen molar-refractivity contribution in [3.05, 3.63) is 59.5 Å². The second kappa shape index (κ2) is 5.48. The number of para-hydroxylation sites is 1. The van der Waals surface area contributed by atoms with Crippen LogP contribution in [0.1, 0.15) is 28.7 Å². The topological polar surface area (TPSA) is 47.8 Å². The lowest BCUT2D eigenvalue weighted by Crippen LogP contribution is -2.07. The van der Waals surface area contributed by atoms with E-state index in [4.69, 9.17) is 0 Å². The molecule has 3 aromatic rings. The van der Waals surface area contributed by atoms with Crippen molar-refractivity contribution in [2.75, 3.05) is 0 Å². The van der Waals surface area contributed by atoms with Crippen LogP contribution in [0.5, 0.6) is 0 Å². The molecular weight excluding hydrogens is 262 g/mol. The molecular formula is C17H17N3O. The summed E-state index contributed by atoms with van der Waals surface area (Å²) >= 11 is 0. The number of aryl methyl sites for hydroxylation is 2. The fourth-order valence-corrected chi connectivity index (χ4v) is 2.50. The molecule has 0 fully saturated rings. The zero-order valence-corrected chi connectivity index (χ0v) is 12.2. The first-order valence-corrected chi connectivity index (χ1v) is 7.09. The molecule has 2 heterocycles. The lowest BCUT2D eigenvalue weighted by molar-refractivity contribution is 0.0987. The van der Waals surface area contributed by atoms with Crippen LogP contribution in [0.25, 0.3) is 10.9 Å². The summed E-state index contributed by atoms with van der Waals surface area (Å²) in [5, 5.41) is 5.61. The molecule has 0 unspecified atom stereocenters. The Balaban J connectivity index is 1.97. The normalized spacial score (nSPS) is 11.0. The summed E-state index contributed by atoms with van der Waals surface area (Å²) in [7, 11) is 0. The van der Waals surface area contributed by atoms with Gasteiger partial charge in [-0.25, -0.2) is 0 Å². The Bertz CT molecular complexity index is 805. The highest BCUT2D eigenvalue weighted by atomic mass is 16.1. The van der Waals surface area contributed by atoms with Crippen LogP contribution in [0.3, 0.4) is 0 Å². The summed E-state index contributed by atoms with van der Waals surface area (Å²) in [6.45, 7) is 4.80. The predicted octanol–water partition coefficient (Wildman–Crippen LogP) is 3.19. The van der Waals surface area contributed by atoms with Crippen LogP contribution in [0, 0.1) is 6.92 Å². The van der Waals surface area contributed by atoms with Crippen LogP contribution in [0.15, 0.2) is 42.6 Å². The Morgan fingerprint density at radius 3 is 2.81 bits per heavy atom. The number of fused-ring (bicyclic) bond motifs is 1. The number of carbonyl (C=O) groups is 1. The largest absolute Gasteiger partial charge is 0.292 e. The Hall–Kier alpha value is -2.49. The standard InChI is InChI=1S/C17H17N3O/c1-3-20-16-7-5-4-6-13(16)14(19-20)11-17(21)15-10-12(2)8-9-18-15/h4-10H,3,11H2,1-2H3. The van der Waals surface area contributed by atoms with Gasteiger partial charge in [0.1, 0.15) is 5.69 Å². The minimum Gasteiger partial charge on any atom is -0.292 e. The Morgan fingerprint density at radius 1 is 1.24 bits per heavy atom. The van der Waals surface area contributed by atoms with Crippen molar-refractivity contribution in [3.63, 3.8) is 0 Å². The third kappa shape index (κ3) is 2.57. The zero-order chi connectivity index (χ0) is 14.8. The fraction of sp³-hybridized carbons (Fsp3) is 0.235. The molecule has 0 N–H and O–H groups in total. The highest BCUT2D eigenvalue weighted by molar-refractivity contribution is 5.98. The molecule has 0 saturated heterocycles. The number of hydrogen-bond acceptors (Lipinski definition) is 3. The maximum absolute atomic E-state index is 12.4. The second-order valence-corrected chi connectivity index (χ2v) is 5.10. The van der Waals surface area contributed by atoms with E-state index in [1.54, 1.807) is 6.20 Å². The van der Waals surface area contributed by atoms with Gasteiger partial charge in [-0.2, -0.15) is 5.10 Å². The first-order chi connectivity index (χ1) is 10.2. The van der Waals surface area contributed by atoms with Gasteiger partial charge < -0.3 is 0 Å². The molecule has 4 heteroatoms. The van der Waals surface area contributed by atoms with Crippen LogP contribution in [-0.4, -0.2) is 20.5 Å². The third-order valence-corrected chi connectivity index (χ3v) is 3.56. The van der Waals surface area contributed by atoms with Crippen molar-refractivity contribution >= 4 is 16.7 Å². The number of nitrogens with zero attached hydrogens (tertiary/aromatic N) is 3. The SMILES string of the molecule is CCn1nc(CC(=O)c2cc(C)ccn2)c2ccccc21. The summed E-state index contributed by atoms with van der Waals surface area (Å²) < 4.78 is 1.93. The van der Waals surface area contributed by atoms with E-state index in [1.807, 2.05) is 54.9 Å². The summed E-state index contributed by atoms with van der Waals surface area (Å²) in [5.74, 6) is 0.00482. The van der Waals surface area contributed by atoms with E-state index in [9.17, 15) is 4.79 Å². The molecule has 0 spiro atoms. The van der Waals surface area contributed by atoms with Crippen molar-refractivity contribution in [2.45, 2.75) is 26.8 Å². The Morgan fingerprint density at radius 2 is 2.05 bits per heavy atom. The van der Waals surface area contributed by atoms with E-state index in [1.165, 1.54) is 0 Å². The van der Waals surface area contributed by atoms with Gasteiger partial charge in [0.25, 0.3) is 0 Å². The highest BCUT2D eigenvalue weighted by Crippen LogP contribution is 2.19. The zero-order valence-electron chi connectivity index (χ0n) is 12.2. The molecule has 0 aliphatic heterocycles. The number of aromatic nitrogens is 3. The molecule has 0 saturated carbocycles. The van der Waals surface area contributed by atoms with E-state index in [2.05, 4.69) is 10.1 Å². The highest BCUT2D eigenvalue weighted by Gasteiger charge is 2.15. The Labute approximate surface area is 123 Å². The predicted molar refractivity (Wildman–Crippen MR) is 82.4 cm³/mol. The molecule has 3 rings (SSSR count). The number of benzene rings is 1. The van der Waals surface area contributed by atoms with Crippen LogP contribution >= 0.6 is 0 Å². The molecule has 0 atom stereocenters. The Kier molecular flexibility index (Phi) is 3.52. The molecule has 0 amide bonds. The minimum atomic E-state index is 0.00482. The number of Topliss-reactive ketones (excluding diaryl/α,β-unsaturated/α-hetero) is 1. The second-order valence-electron chi connectivity index (χ2n) is 5.10. The van der Waals surface area contributed by atoms with E-state index in [-0.39, 0.29) is 12.2 Å². The summed E-state index contributed by atoms with van der Waals surface area (Å²) in [6.07, 6.45) is 1.95. The maximum Gasteiger partial charge on any atom is 0.187 e. The van der Waals surface area contributed by atoms with Crippen molar-refractivity contribution in [3.8, 4) is 0 Å². The molecule has 21 heavy (non-hydrogen) atoms. The third-order valence-electron chi connectivity index (χ3n) is 3.56. The van der Waals surface area contributed by atoms with E-state index >= 15 is 0 Å². The quantitative estimate of drug-likeness (QED) is 0.689. The molecule has 2 aromatic heterocycles. The van der Waals surface area contributed by atoms with Crippen molar-refractivity contribution in [1.29, 1.82) is 0 Å². The smallest absolute Gasteiger partial charge is 0.187 e.